The van der Waals surface area contributed by atoms with E-state index in [4.69, 9.17) is 5.73 Å². The van der Waals surface area contributed by atoms with Crippen LogP contribution in [0, 0.1) is 0 Å². The van der Waals surface area contributed by atoms with Gasteiger partial charge in [0.05, 0.1) is 10.2 Å². The van der Waals surface area contributed by atoms with Crippen molar-refractivity contribution >= 4 is 15.9 Å². The van der Waals surface area contributed by atoms with Crippen molar-refractivity contribution in [1.29, 1.82) is 0 Å². The first-order valence-electron chi connectivity index (χ1n) is 5.52. The molecule has 0 bridgehead atoms. The lowest BCUT2D eigenvalue weighted by atomic mass is 10.1. The Labute approximate surface area is 98.6 Å². The molecule has 15 heavy (non-hydrogen) atoms. The molecule has 1 aromatic rings. The van der Waals surface area contributed by atoms with Crippen LogP contribution in [0.2, 0.25) is 0 Å². The molecule has 0 aromatic carbocycles. The highest BCUT2D eigenvalue weighted by Crippen LogP contribution is 2.32. The lowest BCUT2D eigenvalue weighted by molar-refractivity contribution is 0.658. The van der Waals surface area contributed by atoms with E-state index >= 15 is 0 Å². The number of rotatable bonds is 3. The maximum atomic E-state index is 5.55. The van der Waals surface area contributed by atoms with Crippen LogP contribution in [0.15, 0.2) is 10.7 Å². The highest BCUT2D eigenvalue weighted by Gasteiger charge is 2.20. The van der Waals surface area contributed by atoms with Crippen LogP contribution in [-0.2, 0) is 6.42 Å². The number of halogens is 1. The first-order valence-corrected chi connectivity index (χ1v) is 6.32. The largest absolute Gasteiger partial charge is 0.330 e. The Morgan fingerprint density at radius 3 is 2.80 bits per heavy atom. The second-order valence-electron chi connectivity index (χ2n) is 4.04. The second kappa shape index (κ2) is 5.03. The maximum Gasteiger partial charge on any atom is 0.131 e. The Morgan fingerprint density at radius 1 is 1.40 bits per heavy atom. The van der Waals surface area contributed by atoms with E-state index in [0.29, 0.717) is 12.5 Å². The van der Waals surface area contributed by atoms with Crippen molar-refractivity contribution in [2.45, 2.75) is 38.0 Å². The van der Waals surface area contributed by atoms with Gasteiger partial charge >= 0.3 is 0 Å². The van der Waals surface area contributed by atoms with E-state index in [1.807, 2.05) is 6.20 Å². The number of hydrogen-bond acceptors (Lipinski definition) is 3. The van der Waals surface area contributed by atoms with Crippen LogP contribution >= 0.6 is 15.9 Å². The molecule has 0 amide bonds. The van der Waals surface area contributed by atoms with Gasteiger partial charge in [0.25, 0.3) is 0 Å². The zero-order chi connectivity index (χ0) is 10.7. The number of nitrogens with two attached hydrogens (primary N) is 1. The van der Waals surface area contributed by atoms with E-state index in [9.17, 15) is 0 Å². The Morgan fingerprint density at radius 2 is 2.13 bits per heavy atom. The normalized spacial score (nSPS) is 17.2. The topological polar surface area (TPSA) is 51.8 Å². The fourth-order valence-electron chi connectivity index (χ4n) is 2.11. The molecule has 0 radical (unpaired) electrons. The lowest BCUT2D eigenvalue weighted by Crippen LogP contribution is -2.09. The summed E-state index contributed by atoms with van der Waals surface area (Å²) in [4.78, 5) is 9.01. The van der Waals surface area contributed by atoms with Crippen LogP contribution in [-0.4, -0.2) is 16.5 Å². The van der Waals surface area contributed by atoms with Gasteiger partial charge < -0.3 is 5.73 Å². The van der Waals surface area contributed by atoms with Gasteiger partial charge in [-0.2, -0.15) is 0 Å². The third-order valence-electron chi connectivity index (χ3n) is 2.94. The molecule has 1 aliphatic rings. The molecule has 0 spiro atoms. The Kier molecular flexibility index (Phi) is 3.70. The van der Waals surface area contributed by atoms with Gasteiger partial charge in [-0.1, -0.05) is 12.8 Å². The molecule has 1 aromatic heterocycles. The Balaban J connectivity index is 2.21. The summed E-state index contributed by atoms with van der Waals surface area (Å²) in [6, 6.07) is 0. The van der Waals surface area contributed by atoms with Crippen LogP contribution in [0.25, 0.3) is 0 Å². The smallest absolute Gasteiger partial charge is 0.131 e. The van der Waals surface area contributed by atoms with E-state index < -0.39 is 0 Å². The molecule has 4 heteroatoms. The molecule has 1 saturated carbocycles. The first kappa shape index (κ1) is 11.0. The summed E-state index contributed by atoms with van der Waals surface area (Å²) >= 11 is 3.46. The predicted octanol–water partition coefficient (Wildman–Crippen LogP) is 2.40. The summed E-state index contributed by atoms with van der Waals surface area (Å²) in [5.41, 5.74) is 6.60. The molecule has 0 unspecified atom stereocenters. The summed E-state index contributed by atoms with van der Waals surface area (Å²) in [6.07, 6.45) is 7.80. The lowest BCUT2D eigenvalue weighted by Gasteiger charge is -2.09. The van der Waals surface area contributed by atoms with Crippen molar-refractivity contribution in [3.05, 3.63) is 22.2 Å². The number of aromatic nitrogens is 2. The second-order valence-corrected chi connectivity index (χ2v) is 4.90. The van der Waals surface area contributed by atoms with Gasteiger partial charge in [-0.15, -0.1) is 0 Å². The average molecular weight is 270 g/mol. The minimum atomic E-state index is 0.578. The molecule has 1 aliphatic carbocycles. The van der Waals surface area contributed by atoms with Crippen LogP contribution in [0.5, 0.6) is 0 Å². The van der Waals surface area contributed by atoms with Crippen molar-refractivity contribution < 1.29 is 0 Å². The SMILES string of the molecule is NCCc1nc(C2CCCC2)ncc1Br. The Bertz CT molecular complexity index is 335. The Hall–Kier alpha value is -0.480. The van der Waals surface area contributed by atoms with Gasteiger partial charge in [0.1, 0.15) is 5.82 Å². The average Bonchev–Trinajstić information content (AvgIpc) is 2.75. The van der Waals surface area contributed by atoms with Gasteiger partial charge in [0.15, 0.2) is 0 Å². The molecular formula is C11H16BrN3. The minimum absolute atomic E-state index is 0.578. The summed E-state index contributed by atoms with van der Waals surface area (Å²) in [6.45, 7) is 0.639. The predicted molar refractivity (Wildman–Crippen MR) is 63.7 cm³/mol. The molecular weight excluding hydrogens is 254 g/mol. The van der Waals surface area contributed by atoms with Crippen molar-refractivity contribution in [1.82, 2.24) is 9.97 Å². The summed E-state index contributed by atoms with van der Waals surface area (Å²) < 4.78 is 0.981. The molecule has 3 nitrogen and oxygen atoms in total. The first-order chi connectivity index (χ1) is 7.31. The van der Waals surface area contributed by atoms with Gasteiger partial charge in [-0.3, -0.25) is 0 Å². The van der Waals surface area contributed by atoms with E-state index in [1.165, 1.54) is 25.7 Å². The van der Waals surface area contributed by atoms with Crippen molar-refractivity contribution in [2.75, 3.05) is 6.54 Å². The van der Waals surface area contributed by atoms with E-state index in [0.717, 1.165) is 22.4 Å². The van der Waals surface area contributed by atoms with E-state index in [1.54, 1.807) is 0 Å². The zero-order valence-electron chi connectivity index (χ0n) is 8.75. The van der Waals surface area contributed by atoms with Gasteiger partial charge in [0.2, 0.25) is 0 Å². The van der Waals surface area contributed by atoms with Crippen LogP contribution in [0.3, 0.4) is 0 Å². The highest BCUT2D eigenvalue weighted by atomic mass is 79.9. The highest BCUT2D eigenvalue weighted by molar-refractivity contribution is 9.10. The maximum absolute atomic E-state index is 5.55. The van der Waals surface area contributed by atoms with Gasteiger partial charge in [-0.05, 0) is 35.3 Å². The van der Waals surface area contributed by atoms with Gasteiger partial charge in [-0.25, -0.2) is 9.97 Å². The summed E-state index contributed by atoms with van der Waals surface area (Å²) in [5.74, 6) is 1.59. The molecule has 0 saturated heterocycles. The minimum Gasteiger partial charge on any atom is -0.330 e. The van der Waals surface area contributed by atoms with Crippen molar-refractivity contribution in [3.8, 4) is 0 Å². The van der Waals surface area contributed by atoms with E-state index in [2.05, 4.69) is 25.9 Å². The monoisotopic (exact) mass is 269 g/mol. The standard InChI is InChI=1S/C11H16BrN3/c12-9-7-14-11(8-3-1-2-4-8)15-10(9)5-6-13/h7-8H,1-6,13H2. The summed E-state index contributed by atoms with van der Waals surface area (Å²) in [5, 5.41) is 0. The third-order valence-corrected chi connectivity index (χ3v) is 3.60. The molecule has 2 rings (SSSR count). The summed E-state index contributed by atoms with van der Waals surface area (Å²) in [7, 11) is 0. The molecule has 1 heterocycles. The van der Waals surface area contributed by atoms with Crippen molar-refractivity contribution in [3.63, 3.8) is 0 Å². The van der Waals surface area contributed by atoms with Crippen molar-refractivity contribution in [2.24, 2.45) is 5.73 Å². The van der Waals surface area contributed by atoms with Crippen LogP contribution in [0.1, 0.15) is 43.1 Å². The third kappa shape index (κ3) is 2.55. The molecule has 0 aliphatic heterocycles. The van der Waals surface area contributed by atoms with Crippen LogP contribution < -0.4 is 5.73 Å². The number of hydrogen-bond donors (Lipinski definition) is 1. The molecule has 0 atom stereocenters. The molecule has 2 N–H and O–H groups in total. The fraction of sp³-hybridized carbons (Fsp3) is 0.636. The van der Waals surface area contributed by atoms with Gasteiger partial charge in [0, 0.05) is 18.5 Å². The number of nitrogens with zero attached hydrogens (tertiary/aromatic N) is 2. The zero-order valence-corrected chi connectivity index (χ0v) is 10.3. The fourth-order valence-corrected chi connectivity index (χ4v) is 2.50. The molecule has 1 fully saturated rings. The van der Waals surface area contributed by atoms with Crippen LogP contribution in [0.4, 0.5) is 0 Å². The quantitative estimate of drug-likeness (QED) is 0.917. The van der Waals surface area contributed by atoms with E-state index in [-0.39, 0.29) is 0 Å². The molecule has 82 valence electrons.